The molecule has 4 atom stereocenters. The van der Waals surface area contributed by atoms with Gasteiger partial charge in [-0.2, -0.15) is 0 Å². The second-order valence-corrected chi connectivity index (χ2v) is 9.90. The molecule has 2 aliphatic rings. The van der Waals surface area contributed by atoms with Gasteiger partial charge in [0.15, 0.2) is 0 Å². The molecule has 5 N–H and O–H groups in total. The maximum Gasteiger partial charge on any atom is 0.331 e. The van der Waals surface area contributed by atoms with Crippen LogP contribution in [0.25, 0.3) is 0 Å². The van der Waals surface area contributed by atoms with Gasteiger partial charge in [-0.15, -0.1) is 0 Å². The summed E-state index contributed by atoms with van der Waals surface area (Å²) in [6.45, 7) is 5.76. The van der Waals surface area contributed by atoms with Crippen molar-refractivity contribution in [3.8, 4) is 0 Å². The number of nitrogens with one attached hydrogen (secondary N) is 2. The highest BCUT2D eigenvalue weighted by Gasteiger charge is 2.39. The molecule has 1 fully saturated rings. The number of amides is 1. The molecule has 27 heavy (non-hydrogen) atoms. The summed E-state index contributed by atoms with van der Waals surface area (Å²) in [5.74, 6) is -1.26. The van der Waals surface area contributed by atoms with E-state index in [1.54, 1.807) is 19.9 Å². The Kier molecular flexibility index (Phi) is 7.01. The SMILES string of the molecule is CC(=O)N[C@H]1[C@H](N2CCC[C@H](NS(=O)(=O)C(C)C)C2)C=C(C(=O)O)C[C@@H]1N. The number of hydrogen-bond acceptors (Lipinski definition) is 6. The van der Waals surface area contributed by atoms with Crippen molar-refractivity contribution < 1.29 is 23.1 Å². The monoisotopic (exact) mass is 402 g/mol. The van der Waals surface area contributed by atoms with E-state index in [1.807, 2.05) is 4.90 Å². The van der Waals surface area contributed by atoms with Crippen molar-refractivity contribution in [3.05, 3.63) is 11.6 Å². The number of piperidine rings is 1. The molecular formula is C17H30N4O5S. The smallest absolute Gasteiger partial charge is 0.331 e. The minimum absolute atomic E-state index is 0.175. The Labute approximate surface area is 160 Å². The number of carbonyl (C=O) groups excluding carboxylic acids is 1. The Hall–Kier alpha value is -1.49. The van der Waals surface area contributed by atoms with E-state index >= 15 is 0 Å². The Morgan fingerprint density at radius 3 is 2.59 bits per heavy atom. The number of rotatable bonds is 6. The normalized spacial score (nSPS) is 30.0. The van der Waals surface area contributed by atoms with E-state index in [-0.39, 0.29) is 23.9 Å². The molecule has 0 radical (unpaired) electrons. The summed E-state index contributed by atoms with van der Waals surface area (Å²) in [6, 6.07) is -1.60. The summed E-state index contributed by atoms with van der Waals surface area (Å²) in [7, 11) is -3.40. The van der Waals surface area contributed by atoms with Gasteiger partial charge in [0.05, 0.1) is 17.3 Å². The van der Waals surface area contributed by atoms with Crippen LogP contribution < -0.4 is 15.8 Å². The van der Waals surface area contributed by atoms with Crippen molar-refractivity contribution in [3.63, 3.8) is 0 Å². The predicted molar refractivity (Wildman–Crippen MR) is 101 cm³/mol. The van der Waals surface area contributed by atoms with Crippen molar-refractivity contribution in [2.24, 2.45) is 5.73 Å². The van der Waals surface area contributed by atoms with E-state index < -0.39 is 39.4 Å². The number of nitrogens with zero attached hydrogens (tertiary/aromatic N) is 1. The van der Waals surface area contributed by atoms with Crippen molar-refractivity contribution in [1.82, 2.24) is 14.9 Å². The highest BCUT2D eigenvalue weighted by atomic mass is 32.2. The summed E-state index contributed by atoms with van der Waals surface area (Å²) in [6.07, 6.45) is 3.29. The van der Waals surface area contributed by atoms with Crippen LogP contribution in [-0.2, 0) is 19.6 Å². The predicted octanol–water partition coefficient (Wildman–Crippen LogP) is -0.606. The number of aliphatic carboxylic acids is 1. The molecule has 1 amide bonds. The number of carbonyl (C=O) groups is 2. The molecule has 154 valence electrons. The summed E-state index contributed by atoms with van der Waals surface area (Å²) in [5.41, 5.74) is 6.39. The van der Waals surface area contributed by atoms with Gasteiger partial charge in [-0.05, 0) is 39.7 Å². The largest absolute Gasteiger partial charge is 0.478 e. The molecule has 1 saturated heterocycles. The topological polar surface area (TPSA) is 142 Å². The van der Waals surface area contributed by atoms with Crippen LogP contribution in [0.5, 0.6) is 0 Å². The molecule has 0 aromatic heterocycles. The lowest BCUT2D eigenvalue weighted by Gasteiger charge is -2.44. The zero-order valence-corrected chi connectivity index (χ0v) is 16.8. The number of hydrogen-bond donors (Lipinski definition) is 4. The van der Waals surface area contributed by atoms with Gasteiger partial charge in [0.25, 0.3) is 0 Å². The molecular weight excluding hydrogens is 372 g/mol. The van der Waals surface area contributed by atoms with Crippen molar-refractivity contribution in [2.45, 2.75) is 69.5 Å². The fourth-order valence-corrected chi connectivity index (χ4v) is 4.60. The Morgan fingerprint density at radius 1 is 1.37 bits per heavy atom. The maximum atomic E-state index is 12.2. The third-order valence-corrected chi connectivity index (χ3v) is 7.03. The first-order chi connectivity index (χ1) is 12.5. The summed E-state index contributed by atoms with van der Waals surface area (Å²) in [4.78, 5) is 25.1. The van der Waals surface area contributed by atoms with Gasteiger partial charge in [0.2, 0.25) is 15.9 Å². The van der Waals surface area contributed by atoms with E-state index in [0.717, 1.165) is 6.42 Å². The van der Waals surface area contributed by atoms with Gasteiger partial charge in [0, 0.05) is 31.1 Å². The third kappa shape index (κ3) is 5.50. The molecule has 2 rings (SSSR count). The highest BCUT2D eigenvalue weighted by molar-refractivity contribution is 7.90. The lowest BCUT2D eigenvalue weighted by atomic mass is 9.85. The average Bonchev–Trinajstić information content (AvgIpc) is 2.55. The van der Waals surface area contributed by atoms with Crippen LogP contribution in [0, 0.1) is 0 Å². The zero-order chi connectivity index (χ0) is 20.4. The van der Waals surface area contributed by atoms with Gasteiger partial charge < -0.3 is 16.2 Å². The number of sulfonamides is 1. The second kappa shape index (κ2) is 8.68. The van der Waals surface area contributed by atoms with Crippen LogP contribution in [0.4, 0.5) is 0 Å². The molecule has 9 nitrogen and oxygen atoms in total. The first-order valence-corrected chi connectivity index (χ1v) is 10.8. The van der Waals surface area contributed by atoms with Crippen molar-refractivity contribution in [1.29, 1.82) is 0 Å². The van der Waals surface area contributed by atoms with Gasteiger partial charge in [-0.3, -0.25) is 9.69 Å². The Balaban J connectivity index is 2.23. The molecule has 10 heteroatoms. The third-order valence-electron chi connectivity index (χ3n) is 5.13. The van der Waals surface area contributed by atoms with E-state index in [1.165, 1.54) is 6.92 Å². The summed E-state index contributed by atoms with van der Waals surface area (Å²) < 4.78 is 27.1. The minimum Gasteiger partial charge on any atom is -0.478 e. The number of likely N-dealkylation sites (tertiary alicyclic amines) is 1. The van der Waals surface area contributed by atoms with E-state index in [9.17, 15) is 23.1 Å². The average molecular weight is 403 g/mol. The Morgan fingerprint density at radius 2 is 2.04 bits per heavy atom. The van der Waals surface area contributed by atoms with Crippen LogP contribution in [0.2, 0.25) is 0 Å². The van der Waals surface area contributed by atoms with Crippen LogP contribution in [0.1, 0.15) is 40.0 Å². The fraction of sp³-hybridized carbons (Fsp3) is 0.765. The molecule has 1 aliphatic carbocycles. The highest BCUT2D eigenvalue weighted by Crippen LogP contribution is 2.25. The molecule has 0 aromatic rings. The molecule has 1 heterocycles. The van der Waals surface area contributed by atoms with Crippen LogP contribution in [0.15, 0.2) is 11.6 Å². The molecule has 0 spiro atoms. The van der Waals surface area contributed by atoms with Crippen LogP contribution >= 0.6 is 0 Å². The first-order valence-electron chi connectivity index (χ1n) is 9.23. The van der Waals surface area contributed by atoms with Crippen LogP contribution in [-0.4, -0.2) is 72.8 Å². The van der Waals surface area contributed by atoms with Gasteiger partial charge in [-0.25, -0.2) is 17.9 Å². The number of carboxylic acid groups (broad SMARTS) is 1. The number of nitrogens with two attached hydrogens (primary N) is 1. The summed E-state index contributed by atoms with van der Waals surface area (Å²) >= 11 is 0. The van der Waals surface area contributed by atoms with Gasteiger partial charge in [0.1, 0.15) is 0 Å². The molecule has 0 unspecified atom stereocenters. The van der Waals surface area contributed by atoms with Crippen molar-refractivity contribution >= 4 is 21.9 Å². The van der Waals surface area contributed by atoms with E-state index in [0.29, 0.717) is 19.5 Å². The number of carboxylic acids is 1. The van der Waals surface area contributed by atoms with E-state index in [2.05, 4.69) is 10.0 Å². The summed E-state index contributed by atoms with van der Waals surface area (Å²) in [5, 5.41) is 11.7. The first kappa shape index (κ1) is 21.8. The lowest BCUT2D eigenvalue weighted by Crippen LogP contribution is -2.63. The fourth-order valence-electron chi connectivity index (χ4n) is 3.67. The second-order valence-electron chi connectivity index (χ2n) is 7.63. The molecule has 0 bridgehead atoms. The Bertz CT molecular complexity index is 706. The standard InChI is InChI=1S/C17H30N4O5S/c1-10(2)27(25,26)20-13-5-4-6-21(9-13)15-8-12(17(23)24)7-14(18)16(15)19-11(3)22/h8,10,13-16,20H,4-7,9,18H2,1-3H3,(H,19,22)(H,23,24)/t13-,14-,15+,16+/m0/s1. The van der Waals surface area contributed by atoms with Gasteiger partial charge in [-0.1, -0.05) is 6.08 Å². The van der Waals surface area contributed by atoms with E-state index in [4.69, 9.17) is 5.73 Å². The lowest BCUT2D eigenvalue weighted by molar-refractivity contribution is -0.133. The minimum atomic E-state index is -3.40. The van der Waals surface area contributed by atoms with Crippen molar-refractivity contribution in [2.75, 3.05) is 13.1 Å². The molecule has 1 aliphatic heterocycles. The van der Waals surface area contributed by atoms with Gasteiger partial charge >= 0.3 is 5.97 Å². The quantitative estimate of drug-likeness (QED) is 0.464. The maximum absolute atomic E-state index is 12.2. The van der Waals surface area contributed by atoms with Crippen LogP contribution in [0.3, 0.4) is 0 Å². The zero-order valence-electron chi connectivity index (χ0n) is 16.0. The molecule has 0 aromatic carbocycles. The molecule has 0 saturated carbocycles.